The molecule has 0 aliphatic heterocycles. The molecule has 3 aromatic carbocycles. The summed E-state index contributed by atoms with van der Waals surface area (Å²) in [5.41, 5.74) is 2.13. The summed E-state index contributed by atoms with van der Waals surface area (Å²) in [5, 5.41) is 10.2. The Labute approximate surface area is 236 Å². The summed E-state index contributed by atoms with van der Waals surface area (Å²) < 4.78 is 58.3. The summed E-state index contributed by atoms with van der Waals surface area (Å²) in [6, 6.07) is 11.2. The predicted molar refractivity (Wildman–Crippen MR) is 148 cm³/mol. The van der Waals surface area contributed by atoms with Crippen LogP contribution in [0.5, 0.6) is 23.0 Å². The number of ether oxygens (including phenoxy) is 4. The number of fused-ring (bicyclic) bond motifs is 2. The Morgan fingerprint density at radius 3 is 2.10 bits per heavy atom. The number of carbonyl (C=O) groups is 2. The molecule has 0 bridgehead atoms. The minimum absolute atomic E-state index is 0.0139. The Kier molecular flexibility index (Phi) is 8.36. The van der Waals surface area contributed by atoms with E-state index in [1.54, 1.807) is 48.7 Å². The first-order valence-electron chi connectivity index (χ1n) is 12.5. The lowest BCUT2D eigenvalue weighted by Crippen LogP contribution is -2.38. The van der Waals surface area contributed by atoms with Crippen LogP contribution >= 0.6 is 0 Å². The number of nitrogens with zero attached hydrogens (tertiary/aromatic N) is 1. The van der Waals surface area contributed by atoms with Crippen LogP contribution in [0.1, 0.15) is 38.3 Å². The maximum Gasteiger partial charge on any atom is 0.345 e. The molecule has 12 heteroatoms. The third-order valence-corrected chi connectivity index (χ3v) is 7.48. The van der Waals surface area contributed by atoms with Crippen molar-refractivity contribution in [3.05, 3.63) is 64.7 Å². The number of hydrogen-bond acceptors (Lipinski definition) is 9. The lowest BCUT2D eigenvalue weighted by atomic mass is 10.00. The monoisotopic (exact) mass is 583 g/mol. The zero-order valence-electron chi connectivity index (χ0n) is 23.1. The molecule has 0 fully saturated rings. The van der Waals surface area contributed by atoms with E-state index in [-0.39, 0.29) is 29.8 Å². The van der Waals surface area contributed by atoms with Gasteiger partial charge in [0.1, 0.15) is 17.2 Å². The molecule has 0 radical (unpaired) electrons. The second-order valence-electron chi connectivity index (χ2n) is 9.38. The van der Waals surface area contributed by atoms with Gasteiger partial charge < -0.3 is 28.6 Å². The first-order chi connectivity index (χ1) is 19.4. The fourth-order valence-corrected chi connectivity index (χ4v) is 5.38. The van der Waals surface area contributed by atoms with Gasteiger partial charge in [0.25, 0.3) is 5.52 Å². The third-order valence-electron chi connectivity index (χ3n) is 6.69. The number of rotatable bonds is 10. The smallest absolute Gasteiger partial charge is 0.345 e. The Bertz CT molecular complexity index is 1770. The second-order valence-corrected chi connectivity index (χ2v) is 10.9. The van der Waals surface area contributed by atoms with Crippen molar-refractivity contribution < 1.29 is 51.2 Å². The Morgan fingerprint density at radius 1 is 0.902 bits per heavy atom. The Balaban J connectivity index is 2.04. The van der Waals surface area contributed by atoms with E-state index in [0.717, 1.165) is 0 Å². The Hall–Kier alpha value is -4.42. The highest BCUT2D eigenvalue weighted by atomic mass is 32.2. The zero-order chi connectivity index (χ0) is 30.1. The van der Waals surface area contributed by atoms with Crippen LogP contribution in [0.2, 0.25) is 0 Å². The number of methoxy groups -OCH3 is 3. The molecule has 11 nitrogen and oxygen atoms in total. The predicted octanol–water partition coefficient (Wildman–Crippen LogP) is 3.78. The number of pyridine rings is 1. The van der Waals surface area contributed by atoms with Crippen molar-refractivity contribution in [3.63, 3.8) is 0 Å². The third kappa shape index (κ3) is 6.03. The average Bonchev–Trinajstić information content (AvgIpc) is 2.92. The van der Waals surface area contributed by atoms with Crippen LogP contribution in [0.15, 0.2) is 42.5 Å². The van der Waals surface area contributed by atoms with Crippen molar-refractivity contribution in [1.82, 2.24) is 0 Å². The van der Waals surface area contributed by atoms with Gasteiger partial charge >= 0.3 is 11.9 Å². The van der Waals surface area contributed by atoms with Gasteiger partial charge in [-0.1, -0.05) is 0 Å². The summed E-state index contributed by atoms with van der Waals surface area (Å²) in [4.78, 5) is 25.5. The maximum atomic E-state index is 14.0. The van der Waals surface area contributed by atoms with E-state index in [1.807, 2.05) is 0 Å². The topological polar surface area (TPSA) is 152 Å². The number of hydrogen-bond donors (Lipinski definition) is 1. The standard InChI is InChI=1S/C29H29NO10S/c1-16-11-18(28(31)32)12-17(2)27(16)40-29(33)25-21-13-19(37-3)7-8-23(21)30(9-6-10-41(34,35)36)26-22(25)14-20(38-4)15-24(26)39-5/h7-8,11-15H,6,9-10H2,1-5H3,(H-,31,32,34,35,36). The molecule has 1 aromatic heterocycles. The van der Waals surface area contributed by atoms with Crippen molar-refractivity contribution in [2.45, 2.75) is 26.8 Å². The number of carbonyl (C=O) groups excluding carboxylic acids is 1. The number of carboxylic acids is 1. The van der Waals surface area contributed by atoms with Gasteiger partial charge in [0.05, 0.1) is 53.3 Å². The maximum absolute atomic E-state index is 14.0. The SMILES string of the molecule is COc1ccc2c(c1)c(C(=O)Oc1c(C)cc(C(=O)O)cc1C)c1cc(OC)cc(OC)c1[n+]2CCCS(=O)(=O)[O-]. The molecule has 0 unspecified atom stereocenters. The van der Waals surface area contributed by atoms with Gasteiger partial charge in [-0.25, -0.2) is 18.0 Å². The molecule has 0 saturated heterocycles. The number of aromatic carboxylic acids is 1. The lowest BCUT2D eigenvalue weighted by Gasteiger charge is -2.17. The van der Waals surface area contributed by atoms with Crippen LogP contribution in [0.25, 0.3) is 21.8 Å². The molecule has 41 heavy (non-hydrogen) atoms. The normalized spacial score (nSPS) is 11.5. The molecular weight excluding hydrogens is 554 g/mol. The van der Waals surface area contributed by atoms with E-state index in [1.165, 1.54) is 33.5 Å². The van der Waals surface area contributed by atoms with E-state index >= 15 is 0 Å². The van der Waals surface area contributed by atoms with Gasteiger partial charge in [0.15, 0.2) is 12.3 Å². The van der Waals surface area contributed by atoms with Crippen LogP contribution in [-0.2, 0) is 16.7 Å². The van der Waals surface area contributed by atoms with Gasteiger partial charge in [0, 0.05) is 24.3 Å². The van der Waals surface area contributed by atoms with E-state index in [0.29, 0.717) is 50.2 Å². The highest BCUT2D eigenvalue weighted by molar-refractivity contribution is 7.85. The van der Waals surface area contributed by atoms with Crippen LogP contribution < -0.4 is 23.5 Å². The van der Waals surface area contributed by atoms with Crippen molar-refractivity contribution in [2.24, 2.45) is 0 Å². The van der Waals surface area contributed by atoms with Crippen molar-refractivity contribution in [1.29, 1.82) is 0 Å². The van der Waals surface area contributed by atoms with Crippen molar-refractivity contribution >= 4 is 43.9 Å². The van der Waals surface area contributed by atoms with E-state index < -0.39 is 27.8 Å². The van der Waals surface area contributed by atoms with E-state index in [9.17, 15) is 27.7 Å². The molecule has 4 aromatic rings. The minimum atomic E-state index is -4.46. The molecule has 0 atom stereocenters. The number of esters is 1. The minimum Gasteiger partial charge on any atom is -0.748 e. The van der Waals surface area contributed by atoms with E-state index in [2.05, 4.69) is 0 Å². The quantitative estimate of drug-likeness (QED) is 0.0960. The lowest BCUT2D eigenvalue weighted by molar-refractivity contribution is -0.645. The first-order valence-corrected chi connectivity index (χ1v) is 14.1. The Morgan fingerprint density at radius 2 is 1.54 bits per heavy atom. The summed E-state index contributed by atoms with van der Waals surface area (Å²) in [6.45, 7) is 3.42. The van der Waals surface area contributed by atoms with Gasteiger partial charge in [-0.2, -0.15) is 4.57 Å². The summed E-state index contributed by atoms with van der Waals surface area (Å²) in [5.74, 6) is -1.01. The van der Waals surface area contributed by atoms with E-state index in [4.69, 9.17) is 18.9 Å². The highest BCUT2D eigenvalue weighted by Gasteiger charge is 2.30. The molecule has 0 saturated carbocycles. The molecule has 0 aliphatic carbocycles. The van der Waals surface area contributed by atoms with Crippen LogP contribution in [0, 0.1) is 13.8 Å². The fourth-order valence-electron chi connectivity index (χ4n) is 4.90. The molecule has 1 N–H and O–H groups in total. The molecular formula is C29H29NO10S. The summed E-state index contributed by atoms with van der Waals surface area (Å²) >= 11 is 0. The molecule has 4 rings (SSSR count). The number of benzene rings is 3. The average molecular weight is 584 g/mol. The number of aryl methyl sites for hydroxylation is 3. The molecule has 0 spiro atoms. The first kappa shape index (κ1) is 29.6. The number of carboxylic acid groups (broad SMARTS) is 1. The molecule has 216 valence electrons. The van der Waals surface area contributed by atoms with Gasteiger partial charge in [-0.15, -0.1) is 0 Å². The fraction of sp³-hybridized carbons (Fsp3) is 0.276. The van der Waals surface area contributed by atoms with Crippen LogP contribution in [-0.4, -0.2) is 57.1 Å². The highest BCUT2D eigenvalue weighted by Crippen LogP contribution is 2.37. The largest absolute Gasteiger partial charge is 0.748 e. The van der Waals surface area contributed by atoms with Gasteiger partial charge in [-0.05, 0) is 55.3 Å². The molecule has 0 aliphatic rings. The molecule has 0 amide bonds. The second kappa shape index (κ2) is 11.6. The van der Waals surface area contributed by atoms with Gasteiger partial charge in [-0.3, -0.25) is 0 Å². The zero-order valence-corrected chi connectivity index (χ0v) is 24.0. The molecule has 1 heterocycles. The van der Waals surface area contributed by atoms with Crippen LogP contribution in [0.4, 0.5) is 0 Å². The van der Waals surface area contributed by atoms with Crippen molar-refractivity contribution in [3.8, 4) is 23.0 Å². The summed E-state index contributed by atoms with van der Waals surface area (Å²) in [6.07, 6.45) is 0.0139. The number of aromatic nitrogens is 1. The van der Waals surface area contributed by atoms with Crippen LogP contribution in [0.3, 0.4) is 0 Å². The van der Waals surface area contributed by atoms with Gasteiger partial charge in [0.2, 0.25) is 5.52 Å². The van der Waals surface area contributed by atoms with Crippen molar-refractivity contribution in [2.75, 3.05) is 27.1 Å². The summed E-state index contributed by atoms with van der Waals surface area (Å²) in [7, 11) is -0.0571.